The van der Waals surface area contributed by atoms with E-state index in [0.717, 1.165) is 48.4 Å². The lowest BCUT2D eigenvalue weighted by molar-refractivity contribution is 0.0337. The molecule has 1 aliphatic rings. The van der Waals surface area contributed by atoms with Gasteiger partial charge in [-0.25, -0.2) is 9.78 Å². The second kappa shape index (κ2) is 4.98. The van der Waals surface area contributed by atoms with Gasteiger partial charge in [-0.15, -0.1) is 0 Å². The van der Waals surface area contributed by atoms with E-state index in [0.29, 0.717) is 12.1 Å². The number of benzene rings is 1. The summed E-state index contributed by atoms with van der Waals surface area (Å²) >= 11 is 0. The fourth-order valence-corrected chi connectivity index (χ4v) is 2.78. The number of fused-ring (bicyclic) bond motifs is 3. The fourth-order valence-electron chi connectivity index (χ4n) is 2.78. The lowest BCUT2D eigenvalue weighted by atomic mass is 10.1. The van der Waals surface area contributed by atoms with Crippen LogP contribution in [-0.2, 0) is 11.3 Å². The van der Waals surface area contributed by atoms with Crippen LogP contribution >= 0.6 is 0 Å². The summed E-state index contributed by atoms with van der Waals surface area (Å²) in [6, 6.07) is 7.76. The van der Waals surface area contributed by atoms with Crippen molar-refractivity contribution in [2.45, 2.75) is 6.54 Å². The Morgan fingerprint density at radius 2 is 2.05 bits per heavy atom. The minimum atomic E-state index is -0.439. The molecule has 3 heterocycles. The Kier molecular flexibility index (Phi) is 2.98. The maximum Gasteiger partial charge on any atom is 0.417 e. The number of pyridine rings is 1. The number of para-hydroxylation sites is 1. The van der Waals surface area contributed by atoms with Crippen LogP contribution in [0.4, 0.5) is 0 Å². The van der Waals surface area contributed by atoms with Crippen molar-refractivity contribution in [2.24, 2.45) is 0 Å². The van der Waals surface area contributed by atoms with E-state index in [2.05, 4.69) is 14.9 Å². The molecule has 0 saturated carbocycles. The van der Waals surface area contributed by atoms with Gasteiger partial charge in [0.25, 0.3) is 0 Å². The number of hydrogen-bond acceptors (Lipinski definition) is 5. The van der Waals surface area contributed by atoms with Crippen molar-refractivity contribution in [3.63, 3.8) is 0 Å². The summed E-state index contributed by atoms with van der Waals surface area (Å²) in [5.74, 6) is -0.439. The molecule has 6 nitrogen and oxygen atoms in total. The molecule has 1 N–H and O–H groups in total. The fraction of sp³-hybridized carbons (Fsp3) is 0.333. The monoisotopic (exact) mass is 285 g/mol. The van der Waals surface area contributed by atoms with Gasteiger partial charge in [-0.05, 0) is 6.07 Å². The van der Waals surface area contributed by atoms with Gasteiger partial charge in [0, 0.05) is 25.0 Å². The molecule has 1 saturated heterocycles. The van der Waals surface area contributed by atoms with Gasteiger partial charge in [-0.2, -0.15) is 0 Å². The summed E-state index contributed by atoms with van der Waals surface area (Å²) in [5.41, 5.74) is 2.95. The van der Waals surface area contributed by atoms with Crippen molar-refractivity contribution in [3.8, 4) is 0 Å². The Balaban J connectivity index is 1.87. The molecule has 1 aromatic carbocycles. The van der Waals surface area contributed by atoms with Crippen molar-refractivity contribution in [2.75, 3.05) is 26.3 Å². The molecule has 3 aromatic rings. The average Bonchev–Trinajstić information content (AvgIpc) is 2.91. The van der Waals surface area contributed by atoms with Gasteiger partial charge in [-0.3, -0.25) is 9.88 Å². The van der Waals surface area contributed by atoms with Crippen LogP contribution in [0.5, 0.6) is 0 Å². The van der Waals surface area contributed by atoms with E-state index < -0.39 is 5.76 Å². The number of ether oxygens (including phenoxy) is 1. The van der Waals surface area contributed by atoms with Crippen molar-refractivity contribution >= 4 is 22.0 Å². The van der Waals surface area contributed by atoms with E-state index in [4.69, 9.17) is 9.15 Å². The van der Waals surface area contributed by atoms with E-state index in [-0.39, 0.29) is 0 Å². The molecule has 1 fully saturated rings. The van der Waals surface area contributed by atoms with E-state index in [1.54, 1.807) is 0 Å². The first kappa shape index (κ1) is 12.6. The highest BCUT2D eigenvalue weighted by Crippen LogP contribution is 2.24. The van der Waals surface area contributed by atoms with Crippen LogP contribution in [0.15, 0.2) is 33.5 Å². The molecule has 108 valence electrons. The molecule has 0 aliphatic carbocycles. The largest absolute Gasteiger partial charge is 0.417 e. The van der Waals surface area contributed by atoms with E-state index in [9.17, 15) is 4.79 Å². The van der Waals surface area contributed by atoms with Crippen LogP contribution in [0, 0.1) is 0 Å². The number of hydrogen-bond donors (Lipinski definition) is 1. The Labute approximate surface area is 120 Å². The molecule has 0 radical (unpaired) electrons. The average molecular weight is 285 g/mol. The first-order chi connectivity index (χ1) is 10.3. The molecule has 2 aromatic heterocycles. The predicted octanol–water partition coefficient (Wildman–Crippen LogP) is 1.50. The quantitative estimate of drug-likeness (QED) is 0.772. The van der Waals surface area contributed by atoms with Gasteiger partial charge in [0.05, 0.1) is 24.2 Å². The van der Waals surface area contributed by atoms with Crippen molar-refractivity contribution in [1.29, 1.82) is 0 Å². The molecule has 6 heteroatoms. The molecular formula is C15H15N3O3. The van der Waals surface area contributed by atoms with Gasteiger partial charge in [-0.1, -0.05) is 18.2 Å². The molecular weight excluding hydrogens is 270 g/mol. The molecule has 0 amide bonds. The third kappa shape index (κ3) is 2.22. The van der Waals surface area contributed by atoms with Crippen LogP contribution in [0.2, 0.25) is 0 Å². The smallest absolute Gasteiger partial charge is 0.406 e. The normalized spacial score (nSPS) is 16.8. The van der Waals surface area contributed by atoms with E-state index in [1.165, 1.54) is 0 Å². The number of aromatic nitrogens is 2. The summed E-state index contributed by atoms with van der Waals surface area (Å²) < 4.78 is 10.7. The highest BCUT2D eigenvalue weighted by molar-refractivity contribution is 6.01. The zero-order chi connectivity index (χ0) is 14.2. The molecule has 0 bridgehead atoms. The van der Waals surface area contributed by atoms with Gasteiger partial charge < -0.3 is 9.15 Å². The number of aromatic amines is 1. The number of oxazole rings is 1. The first-order valence-electron chi connectivity index (χ1n) is 7.02. The molecule has 21 heavy (non-hydrogen) atoms. The summed E-state index contributed by atoms with van der Waals surface area (Å²) in [6.45, 7) is 3.85. The Morgan fingerprint density at radius 3 is 2.90 bits per heavy atom. The standard InChI is InChI=1S/C15H15N3O3/c19-15-17-13-10-3-1-2-4-11(10)16-12(14(13)21-15)9-18-5-7-20-8-6-18/h1-4H,5-9H2,(H,17,19). The molecule has 4 rings (SSSR count). The number of H-pyrrole nitrogens is 1. The van der Waals surface area contributed by atoms with Gasteiger partial charge in [0.2, 0.25) is 0 Å². The van der Waals surface area contributed by atoms with E-state index >= 15 is 0 Å². The highest BCUT2D eigenvalue weighted by Gasteiger charge is 2.17. The number of nitrogens with one attached hydrogen (secondary N) is 1. The van der Waals surface area contributed by atoms with Crippen LogP contribution in [0.3, 0.4) is 0 Å². The second-order valence-electron chi connectivity index (χ2n) is 5.18. The van der Waals surface area contributed by atoms with Crippen LogP contribution < -0.4 is 5.76 Å². The molecule has 1 aliphatic heterocycles. The zero-order valence-electron chi connectivity index (χ0n) is 11.5. The summed E-state index contributed by atoms with van der Waals surface area (Å²) in [4.78, 5) is 21.3. The molecule has 0 atom stereocenters. The van der Waals surface area contributed by atoms with Crippen LogP contribution in [0.1, 0.15) is 5.69 Å². The maximum atomic E-state index is 11.6. The minimum Gasteiger partial charge on any atom is -0.406 e. The van der Waals surface area contributed by atoms with Crippen molar-refractivity contribution in [1.82, 2.24) is 14.9 Å². The molecule has 0 unspecified atom stereocenters. The Bertz CT molecular complexity index is 846. The Morgan fingerprint density at radius 1 is 1.24 bits per heavy atom. The summed E-state index contributed by atoms with van der Waals surface area (Å²) in [6.07, 6.45) is 0. The van der Waals surface area contributed by atoms with Crippen LogP contribution in [-0.4, -0.2) is 41.2 Å². The topological polar surface area (TPSA) is 71.4 Å². The maximum absolute atomic E-state index is 11.6. The summed E-state index contributed by atoms with van der Waals surface area (Å²) in [5, 5.41) is 0.907. The predicted molar refractivity (Wildman–Crippen MR) is 78.2 cm³/mol. The number of morpholine rings is 1. The molecule has 0 spiro atoms. The lowest BCUT2D eigenvalue weighted by Gasteiger charge is -2.26. The SMILES string of the molecule is O=c1[nH]c2c(o1)c(CN1CCOCC1)nc1ccccc12. The first-order valence-corrected chi connectivity index (χ1v) is 7.02. The van der Waals surface area contributed by atoms with Crippen LogP contribution in [0.25, 0.3) is 22.0 Å². The van der Waals surface area contributed by atoms with Crippen molar-refractivity contribution in [3.05, 3.63) is 40.5 Å². The number of rotatable bonds is 2. The second-order valence-corrected chi connectivity index (χ2v) is 5.18. The van der Waals surface area contributed by atoms with E-state index in [1.807, 2.05) is 24.3 Å². The van der Waals surface area contributed by atoms with Gasteiger partial charge >= 0.3 is 5.76 Å². The summed E-state index contributed by atoms with van der Waals surface area (Å²) in [7, 11) is 0. The highest BCUT2D eigenvalue weighted by atomic mass is 16.5. The van der Waals surface area contributed by atoms with Crippen molar-refractivity contribution < 1.29 is 9.15 Å². The third-order valence-corrected chi connectivity index (χ3v) is 3.82. The lowest BCUT2D eigenvalue weighted by Crippen LogP contribution is -2.35. The number of nitrogens with zero attached hydrogens (tertiary/aromatic N) is 2. The Hall–Kier alpha value is -2.18. The van der Waals surface area contributed by atoms with Gasteiger partial charge in [0.1, 0.15) is 5.69 Å². The van der Waals surface area contributed by atoms with Gasteiger partial charge in [0.15, 0.2) is 5.58 Å². The zero-order valence-corrected chi connectivity index (χ0v) is 11.5. The minimum absolute atomic E-state index is 0.439. The third-order valence-electron chi connectivity index (χ3n) is 3.82.